The molecule has 1 saturated carbocycles. The highest BCUT2D eigenvalue weighted by molar-refractivity contribution is 7.09. The van der Waals surface area contributed by atoms with Crippen LogP contribution in [0.1, 0.15) is 64.4 Å². The van der Waals surface area contributed by atoms with Crippen LogP contribution in [0.3, 0.4) is 0 Å². The highest BCUT2D eigenvalue weighted by Gasteiger charge is 2.31. The highest BCUT2D eigenvalue weighted by Crippen LogP contribution is 2.37. The molecule has 33 heavy (non-hydrogen) atoms. The average Bonchev–Trinajstić information content (AvgIpc) is 3.54. The number of nitrogens with zero attached hydrogens (tertiary/aromatic N) is 2. The highest BCUT2D eigenvalue weighted by atomic mass is 32.1. The first-order valence-corrected chi connectivity index (χ1v) is 12.4. The summed E-state index contributed by atoms with van der Waals surface area (Å²) in [6.45, 7) is 2.92. The van der Waals surface area contributed by atoms with E-state index >= 15 is 0 Å². The fourth-order valence-electron chi connectivity index (χ4n) is 4.26. The second-order valence-corrected chi connectivity index (χ2v) is 9.47. The second-order valence-electron chi connectivity index (χ2n) is 8.53. The van der Waals surface area contributed by atoms with Gasteiger partial charge in [-0.15, -0.1) is 11.3 Å². The number of hydrogen-bond donors (Lipinski definition) is 1. The van der Waals surface area contributed by atoms with Crippen molar-refractivity contribution in [2.45, 2.75) is 51.3 Å². The zero-order chi connectivity index (χ0) is 22.8. The molecule has 0 saturated heterocycles. The van der Waals surface area contributed by atoms with Crippen molar-refractivity contribution in [1.82, 2.24) is 15.2 Å². The molecule has 6 nitrogen and oxygen atoms in total. The number of rotatable bonds is 7. The largest absolute Gasteiger partial charge is 0.486 e. The van der Waals surface area contributed by atoms with Crippen LogP contribution in [-0.2, 0) is 17.8 Å². The number of hydrogen-bond acceptors (Lipinski definition) is 5. The summed E-state index contributed by atoms with van der Waals surface area (Å²) in [4.78, 5) is 31.3. The van der Waals surface area contributed by atoms with E-state index < -0.39 is 0 Å². The van der Waals surface area contributed by atoms with Crippen LogP contribution in [-0.4, -0.2) is 34.3 Å². The van der Waals surface area contributed by atoms with Crippen molar-refractivity contribution in [2.75, 3.05) is 6.54 Å². The summed E-state index contributed by atoms with van der Waals surface area (Å²) < 4.78 is 6.06. The molecule has 2 aromatic carbocycles. The Labute approximate surface area is 197 Å². The SMILES string of the molecule is CCC(=O)N1CCc2ccc(OCc3nc(C(=O)NC4CC4)cs3)cc2C1c1ccccc1. The summed E-state index contributed by atoms with van der Waals surface area (Å²) in [6.07, 6.45) is 3.41. The Morgan fingerprint density at radius 2 is 2.00 bits per heavy atom. The minimum absolute atomic E-state index is 0.111. The van der Waals surface area contributed by atoms with E-state index in [2.05, 4.69) is 34.6 Å². The first-order chi connectivity index (χ1) is 16.1. The molecule has 2 aliphatic rings. The topological polar surface area (TPSA) is 71.5 Å². The third-order valence-corrected chi connectivity index (χ3v) is 6.97. The van der Waals surface area contributed by atoms with Crippen molar-refractivity contribution in [3.05, 3.63) is 81.3 Å². The summed E-state index contributed by atoms with van der Waals surface area (Å²) in [7, 11) is 0. The first kappa shape index (κ1) is 21.6. The maximum atomic E-state index is 12.7. The van der Waals surface area contributed by atoms with Crippen LogP contribution in [0.2, 0.25) is 0 Å². The van der Waals surface area contributed by atoms with Gasteiger partial charge in [0.15, 0.2) is 0 Å². The number of ether oxygens (including phenoxy) is 1. The van der Waals surface area contributed by atoms with Gasteiger partial charge in [0.25, 0.3) is 5.91 Å². The molecule has 1 aliphatic carbocycles. The lowest BCUT2D eigenvalue weighted by molar-refractivity contribution is -0.132. The number of carbonyl (C=O) groups is 2. The van der Waals surface area contributed by atoms with Gasteiger partial charge >= 0.3 is 0 Å². The Balaban J connectivity index is 1.35. The molecule has 1 aromatic heterocycles. The van der Waals surface area contributed by atoms with Gasteiger partial charge in [-0.05, 0) is 48.1 Å². The molecule has 1 N–H and O–H groups in total. The first-order valence-electron chi connectivity index (χ1n) is 11.5. The summed E-state index contributed by atoms with van der Waals surface area (Å²) in [6, 6.07) is 16.5. The maximum absolute atomic E-state index is 12.7. The van der Waals surface area contributed by atoms with Crippen LogP contribution in [0.25, 0.3) is 0 Å². The molecular weight excluding hydrogens is 434 g/mol. The molecule has 2 heterocycles. The third-order valence-electron chi connectivity index (χ3n) is 6.14. The van der Waals surface area contributed by atoms with Crippen LogP contribution in [0.5, 0.6) is 5.75 Å². The molecule has 5 rings (SSSR count). The van der Waals surface area contributed by atoms with Crippen molar-refractivity contribution >= 4 is 23.2 Å². The van der Waals surface area contributed by atoms with Crippen LogP contribution < -0.4 is 10.1 Å². The molecule has 170 valence electrons. The number of fused-ring (bicyclic) bond motifs is 1. The van der Waals surface area contributed by atoms with E-state index in [-0.39, 0.29) is 17.9 Å². The van der Waals surface area contributed by atoms with E-state index in [1.54, 1.807) is 5.38 Å². The quantitative estimate of drug-likeness (QED) is 0.562. The average molecular weight is 462 g/mol. The summed E-state index contributed by atoms with van der Waals surface area (Å²) in [5, 5.41) is 5.50. The van der Waals surface area contributed by atoms with E-state index in [9.17, 15) is 9.59 Å². The minimum atomic E-state index is -0.122. The van der Waals surface area contributed by atoms with Gasteiger partial charge in [0.05, 0.1) is 6.04 Å². The Hall–Kier alpha value is -3.19. The van der Waals surface area contributed by atoms with E-state index in [1.165, 1.54) is 16.9 Å². The molecular formula is C26H27N3O3S. The van der Waals surface area contributed by atoms with E-state index in [1.807, 2.05) is 36.1 Å². The molecule has 0 radical (unpaired) electrons. The Morgan fingerprint density at radius 3 is 2.76 bits per heavy atom. The van der Waals surface area contributed by atoms with Crippen molar-refractivity contribution in [3.63, 3.8) is 0 Å². The van der Waals surface area contributed by atoms with Gasteiger partial charge in [-0.25, -0.2) is 4.98 Å². The van der Waals surface area contributed by atoms with Crippen LogP contribution in [0.4, 0.5) is 0 Å². The van der Waals surface area contributed by atoms with E-state index in [0.29, 0.717) is 31.3 Å². The smallest absolute Gasteiger partial charge is 0.270 e. The Morgan fingerprint density at radius 1 is 1.18 bits per heavy atom. The van der Waals surface area contributed by atoms with Gasteiger partial charge in [-0.2, -0.15) is 0 Å². The van der Waals surface area contributed by atoms with Crippen LogP contribution in [0, 0.1) is 0 Å². The molecule has 0 spiro atoms. The number of aromatic nitrogens is 1. The maximum Gasteiger partial charge on any atom is 0.270 e. The fraction of sp³-hybridized carbons (Fsp3) is 0.346. The molecule has 2 amide bonds. The Kier molecular flexibility index (Phi) is 6.13. The van der Waals surface area contributed by atoms with Gasteiger partial charge < -0.3 is 15.0 Å². The lowest BCUT2D eigenvalue weighted by Gasteiger charge is -2.38. The van der Waals surface area contributed by atoms with Gasteiger partial charge in [0.2, 0.25) is 5.91 Å². The number of amides is 2. The van der Waals surface area contributed by atoms with Crippen molar-refractivity contribution in [2.24, 2.45) is 0 Å². The summed E-state index contributed by atoms with van der Waals surface area (Å²) in [5.41, 5.74) is 3.90. The predicted octanol–water partition coefficient (Wildman–Crippen LogP) is 4.50. The van der Waals surface area contributed by atoms with Gasteiger partial charge in [0, 0.05) is 24.4 Å². The number of nitrogens with one attached hydrogen (secondary N) is 1. The van der Waals surface area contributed by atoms with Gasteiger partial charge in [-0.3, -0.25) is 9.59 Å². The molecule has 3 aromatic rings. The van der Waals surface area contributed by atoms with E-state index in [0.717, 1.165) is 41.1 Å². The third kappa shape index (κ3) is 4.78. The standard InChI is InChI=1S/C26H27N3O3S/c1-2-24(30)29-13-12-17-8-11-20(14-21(17)25(29)18-6-4-3-5-7-18)32-15-23-28-22(16-33-23)26(31)27-19-9-10-19/h3-8,11,14,16,19,25H,2,9-10,12-13,15H2,1H3,(H,27,31). The second kappa shape index (κ2) is 9.35. The van der Waals surface area contributed by atoms with Gasteiger partial charge in [-0.1, -0.05) is 43.3 Å². The van der Waals surface area contributed by atoms with E-state index in [4.69, 9.17) is 4.74 Å². The molecule has 1 aliphatic heterocycles. The summed E-state index contributed by atoms with van der Waals surface area (Å²) >= 11 is 1.43. The predicted molar refractivity (Wildman–Crippen MR) is 127 cm³/mol. The fourth-order valence-corrected chi connectivity index (χ4v) is 4.95. The van der Waals surface area contributed by atoms with Crippen molar-refractivity contribution in [3.8, 4) is 5.75 Å². The molecule has 1 fully saturated rings. The normalized spacial score (nSPS) is 17.4. The molecule has 7 heteroatoms. The minimum Gasteiger partial charge on any atom is -0.486 e. The van der Waals surface area contributed by atoms with Crippen LogP contribution in [0.15, 0.2) is 53.9 Å². The summed E-state index contributed by atoms with van der Waals surface area (Å²) in [5.74, 6) is 0.778. The van der Waals surface area contributed by atoms with Gasteiger partial charge in [0.1, 0.15) is 23.1 Å². The zero-order valence-corrected chi connectivity index (χ0v) is 19.4. The van der Waals surface area contributed by atoms with Crippen molar-refractivity contribution in [1.29, 1.82) is 0 Å². The van der Waals surface area contributed by atoms with Crippen molar-refractivity contribution < 1.29 is 14.3 Å². The number of carbonyl (C=O) groups excluding carboxylic acids is 2. The lowest BCUT2D eigenvalue weighted by atomic mass is 9.87. The lowest BCUT2D eigenvalue weighted by Crippen LogP contribution is -2.40. The number of thiazole rings is 1. The molecule has 1 atom stereocenters. The molecule has 0 bridgehead atoms. The number of benzene rings is 2. The monoisotopic (exact) mass is 461 g/mol. The Bertz CT molecular complexity index is 1160. The zero-order valence-electron chi connectivity index (χ0n) is 18.6. The van der Waals surface area contributed by atoms with Crippen LogP contribution >= 0.6 is 11.3 Å². The molecule has 1 unspecified atom stereocenters.